The van der Waals surface area contributed by atoms with Crippen LogP contribution in [0.5, 0.6) is 0 Å². The Morgan fingerprint density at radius 3 is 2.38 bits per heavy atom. The number of amides is 1. The minimum atomic E-state index is -3.72. The van der Waals surface area contributed by atoms with Crippen molar-refractivity contribution in [1.29, 1.82) is 0 Å². The first-order valence-corrected chi connectivity index (χ1v) is 11.7. The molecular weight excluding hydrogens is 393 g/mol. The molecule has 0 radical (unpaired) electrons. The maximum atomic E-state index is 13.4. The maximum absolute atomic E-state index is 13.4. The minimum absolute atomic E-state index is 0.172. The Morgan fingerprint density at radius 1 is 1.17 bits per heavy atom. The molecule has 1 aliphatic heterocycles. The number of carbonyl (C=O) groups is 1. The van der Waals surface area contributed by atoms with E-state index >= 15 is 0 Å². The van der Waals surface area contributed by atoms with E-state index in [1.54, 1.807) is 13.8 Å². The third kappa shape index (κ3) is 4.17. The molecule has 29 heavy (non-hydrogen) atoms. The molecule has 8 heteroatoms. The molecular formula is C21H32NO6P. The average Bonchev–Trinajstić information content (AvgIpc) is 3.05. The lowest BCUT2D eigenvalue weighted by Crippen LogP contribution is -2.55. The van der Waals surface area contributed by atoms with Crippen LogP contribution >= 0.6 is 7.75 Å². The van der Waals surface area contributed by atoms with Gasteiger partial charge in [0.2, 0.25) is 5.91 Å². The number of hydrogen-bond donors (Lipinski definition) is 1. The van der Waals surface area contributed by atoms with Crippen molar-refractivity contribution in [3.05, 3.63) is 35.9 Å². The Kier molecular flexibility index (Phi) is 6.29. The third-order valence-electron chi connectivity index (χ3n) is 6.07. The number of hydrogen-bond acceptors (Lipinski definition) is 6. The Hall–Kier alpha value is -1.24. The van der Waals surface area contributed by atoms with Crippen molar-refractivity contribution < 1.29 is 27.9 Å². The molecule has 1 saturated heterocycles. The second-order valence-electron chi connectivity index (χ2n) is 8.45. The lowest BCUT2D eigenvalue weighted by atomic mass is 9.72. The summed E-state index contributed by atoms with van der Waals surface area (Å²) >= 11 is 0. The van der Waals surface area contributed by atoms with Gasteiger partial charge in [-0.15, -0.1) is 0 Å². The van der Waals surface area contributed by atoms with Gasteiger partial charge in [-0.1, -0.05) is 30.3 Å². The summed E-state index contributed by atoms with van der Waals surface area (Å²) in [6.45, 7) is 9.98. The summed E-state index contributed by atoms with van der Waals surface area (Å²) in [5.74, 6) is -0.373. The fraction of sp³-hybridized carbons (Fsp3) is 0.667. The Balaban J connectivity index is 1.79. The second kappa shape index (κ2) is 8.12. The van der Waals surface area contributed by atoms with Crippen LogP contribution in [0.4, 0.5) is 0 Å². The van der Waals surface area contributed by atoms with E-state index < -0.39 is 24.4 Å². The molecule has 1 aromatic carbocycles. The summed E-state index contributed by atoms with van der Waals surface area (Å²) in [4.78, 5) is 13.4. The van der Waals surface area contributed by atoms with E-state index in [9.17, 15) is 9.36 Å². The van der Waals surface area contributed by atoms with E-state index in [4.69, 9.17) is 18.5 Å². The first kappa shape index (κ1) is 22.4. The highest BCUT2D eigenvalue weighted by molar-refractivity contribution is 7.52. The Morgan fingerprint density at radius 2 is 1.79 bits per heavy atom. The van der Waals surface area contributed by atoms with Gasteiger partial charge < -0.3 is 9.47 Å². The van der Waals surface area contributed by atoms with Crippen molar-refractivity contribution >= 4 is 13.7 Å². The predicted molar refractivity (Wildman–Crippen MR) is 109 cm³/mol. The molecule has 1 amide bonds. The monoisotopic (exact) mass is 425 g/mol. The van der Waals surface area contributed by atoms with Gasteiger partial charge in [0.15, 0.2) is 0 Å². The van der Waals surface area contributed by atoms with Gasteiger partial charge in [0, 0.05) is 0 Å². The normalized spacial score (nSPS) is 30.4. The quantitative estimate of drug-likeness (QED) is 0.597. The van der Waals surface area contributed by atoms with E-state index in [2.05, 4.69) is 5.09 Å². The molecule has 1 heterocycles. The first-order valence-electron chi connectivity index (χ1n) is 10.2. The van der Waals surface area contributed by atoms with Crippen molar-refractivity contribution in [3.63, 3.8) is 0 Å². The number of fused-ring (bicyclic) bond motifs is 2. The number of carbonyl (C=O) groups excluding carboxylic acids is 1. The van der Waals surface area contributed by atoms with Crippen molar-refractivity contribution in [2.45, 2.75) is 71.4 Å². The maximum Gasteiger partial charge on any atom is 0.434 e. The van der Waals surface area contributed by atoms with Gasteiger partial charge in [0.05, 0.1) is 42.5 Å². The van der Waals surface area contributed by atoms with Crippen LogP contribution in [-0.4, -0.2) is 36.4 Å². The van der Waals surface area contributed by atoms with Gasteiger partial charge in [-0.2, -0.15) is 0 Å². The first-order chi connectivity index (χ1) is 13.6. The standard InChI is InChI=1S/C21H32NO6P/c1-6-26-29(24,27-7-2)22-18(23)21-13-17(20(5,15-21)28-19(21,3)4)25-14-16-11-9-8-10-12-16/h8-12,17H,6-7,13-15H2,1-5H3,(H,22,23,24). The van der Waals surface area contributed by atoms with E-state index in [0.717, 1.165) is 5.56 Å². The molecule has 1 aromatic rings. The van der Waals surface area contributed by atoms with Crippen LogP contribution in [-0.2, 0) is 34.5 Å². The summed E-state index contributed by atoms with van der Waals surface area (Å²) in [6, 6.07) is 9.90. The van der Waals surface area contributed by atoms with E-state index in [0.29, 0.717) is 19.4 Å². The molecule has 0 spiro atoms. The molecule has 1 N–H and O–H groups in total. The van der Waals surface area contributed by atoms with Crippen molar-refractivity contribution in [2.24, 2.45) is 5.41 Å². The molecule has 3 rings (SSSR count). The number of nitrogens with one attached hydrogen (secondary N) is 1. The van der Waals surface area contributed by atoms with Gasteiger partial charge in [0.25, 0.3) is 0 Å². The number of rotatable bonds is 9. The predicted octanol–water partition coefficient (Wildman–Crippen LogP) is 4.22. The molecule has 162 valence electrons. The molecule has 1 aliphatic carbocycles. The van der Waals surface area contributed by atoms with Gasteiger partial charge in [-0.3, -0.25) is 18.9 Å². The highest BCUT2D eigenvalue weighted by Crippen LogP contribution is 2.63. The lowest BCUT2D eigenvalue weighted by Gasteiger charge is -2.44. The third-order valence-corrected chi connectivity index (χ3v) is 7.75. The van der Waals surface area contributed by atoms with Gasteiger partial charge in [-0.25, -0.2) is 4.57 Å². The van der Waals surface area contributed by atoms with Gasteiger partial charge in [0.1, 0.15) is 0 Å². The van der Waals surface area contributed by atoms with Crippen molar-refractivity contribution in [2.75, 3.05) is 13.2 Å². The zero-order valence-corrected chi connectivity index (χ0v) is 18.8. The summed E-state index contributed by atoms with van der Waals surface area (Å²) in [5, 5.41) is 2.56. The lowest BCUT2D eigenvalue weighted by molar-refractivity contribution is -0.202. The molecule has 2 aliphatic rings. The number of benzene rings is 1. The molecule has 7 nitrogen and oxygen atoms in total. The number of ether oxygens (including phenoxy) is 2. The summed E-state index contributed by atoms with van der Waals surface area (Å²) in [6.07, 6.45) is 0.712. The zero-order chi connectivity index (χ0) is 21.3. The summed E-state index contributed by atoms with van der Waals surface area (Å²) < 4.78 is 35.9. The van der Waals surface area contributed by atoms with Crippen LogP contribution in [0.3, 0.4) is 0 Å². The van der Waals surface area contributed by atoms with Crippen molar-refractivity contribution in [1.82, 2.24) is 5.09 Å². The molecule has 3 atom stereocenters. The second-order valence-corrected chi connectivity index (χ2v) is 10.2. The molecule has 2 fully saturated rings. The van der Waals surface area contributed by atoms with E-state index in [1.807, 2.05) is 51.1 Å². The van der Waals surface area contributed by atoms with Crippen molar-refractivity contribution in [3.8, 4) is 0 Å². The van der Waals surface area contributed by atoms with Crippen LogP contribution in [0, 0.1) is 5.41 Å². The molecule has 0 aromatic heterocycles. The zero-order valence-electron chi connectivity index (χ0n) is 17.9. The molecule has 3 unspecified atom stereocenters. The van der Waals surface area contributed by atoms with Crippen LogP contribution in [0.2, 0.25) is 0 Å². The summed E-state index contributed by atoms with van der Waals surface area (Å²) in [7, 11) is -3.72. The van der Waals surface area contributed by atoms with Crippen LogP contribution < -0.4 is 5.09 Å². The van der Waals surface area contributed by atoms with E-state index in [1.165, 1.54) is 0 Å². The van der Waals surface area contributed by atoms with Crippen LogP contribution in [0.1, 0.15) is 53.0 Å². The fourth-order valence-corrected chi connectivity index (χ4v) is 6.03. The van der Waals surface area contributed by atoms with Gasteiger partial charge >= 0.3 is 7.75 Å². The minimum Gasteiger partial charge on any atom is -0.371 e. The smallest absolute Gasteiger partial charge is 0.371 e. The fourth-order valence-electron chi connectivity index (χ4n) is 4.68. The van der Waals surface area contributed by atoms with E-state index in [-0.39, 0.29) is 25.2 Å². The summed E-state index contributed by atoms with van der Waals surface area (Å²) in [5.41, 5.74) is -1.15. The molecule has 1 saturated carbocycles. The highest BCUT2D eigenvalue weighted by atomic mass is 31.2. The largest absolute Gasteiger partial charge is 0.434 e. The Labute approximate surface area is 173 Å². The van der Waals surface area contributed by atoms with Crippen LogP contribution in [0.25, 0.3) is 0 Å². The van der Waals surface area contributed by atoms with Gasteiger partial charge in [-0.05, 0) is 53.0 Å². The SMILES string of the molecule is CCOP(=O)(NC(=O)C12CC(OCc3ccccc3)C(C)(C1)OC2(C)C)OCC. The average molecular weight is 425 g/mol. The highest BCUT2D eigenvalue weighted by Gasteiger charge is 2.71. The molecule has 2 bridgehead atoms. The topological polar surface area (TPSA) is 83.1 Å². The Bertz CT molecular complexity index is 775. The van der Waals surface area contributed by atoms with Crippen LogP contribution in [0.15, 0.2) is 30.3 Å².